The molecule has 0 aromatic carbocycles. The summed E-state index contributed by atoms with van der Waals surface area (Å²) in [5, 5.41) is 6.17. The van der Waals surface area contributed by atoms with Gasteiger partial charge in [-0.2, -0.15) is 0 Å². The number of amides is 2. The van der Waals surface area contributed by atoms with Crippen LogP contribution in [0.5, 0.6) is 0 Å². The number of imidazole rings is 2. The van der Waals surface area contributed by atoms with E-state index in [1.54, 1.807) is 12.4 Å². The average Bonchev–Trinajstić information content (AvgIpc) is 3.30. The van der Waals surface area contributed by atoms with Crippen molar-refractivity contribution in [3.8, 4) is 0 Å². The second-order valence-electron chi connectivity index (χ2n) is 10.8. The lowest BCUT2D eigenvalue weighted by atomic mass is 9.43. The molecule has 0 radical (unpaired) electrons. The fourth-order valence-corrected chi connectivity index (χ4v) is 7.36. The average molecular weight is 439 g/mol. The lowest BCUT2D eigenvalue weighted by Crippen LogP contribution is -2.54. The molecule has 8 heteroatoms. The van der Waals surface area contributed by atoms with Crippen LogP contribution in [0.2, 0.25) is 0 Å². The Morgan fingerprint density at radius 3 is 1.69 bits per heavy atom. The fourth-order valence-electron chi connectivity index (χ4n) is 7.36. The Morgan fingerprint density at radius 2 is 1.31 bits per heavy atom. The maximum Gasteiger partial charge on any atom is 0.220 e. The van der Waals surface area contributed by atoms with Crippen molar-refractivity contribution in [2.45, 2.75) is 64.5 Å². The molecule has 4 saturated carbocycles. The molecule has 0 saturated heterocycles. The summed E-state index contributed by atoms with van der Waals surface area (Å²) < 4.78 is 3.87. The van der Waals surface area contributed by atoms with Crippen molar-refractivity contribution in [1.82, 2.24) is 29.7 Å². The van der Waals surface area contributed by atoms with Gasteiger partial charge in [0.2, 0.25) is 11.8 Å². The van der Waals surface area contributed by atoms with Crippen LogP contribution in [0.4, 0.5) is 0 Å². The van der Waals surface area contributed by atoms with Gasteiger partial charge in [0.15, 0.2) is 0 Å². The minimum Gasteiger partial charge on any atom is -0.349 e. The molecule has 4 aliphatic rings. The number of rotatable bonds is 8. The SMILES string of the molecule is Cn1ccnc1CNC(=O)CC12CC3CC(C1)CC(CC(=O)NCc1nccn1C)(C3)C2. The first-order valence-corrected chi connectivity index (χ1v) is 11.8. The molecule has 2 aromatic rings. The topological polar surface area (TPSA) is 93.8 Å². The molecular weight excluding hydrogens is 404 g/mol. The maximum absolute atomic E-state index is 12.9. The molecule has 4 aliphatic carbocycles. The number of carbonyl (C=O) groups excluding carboxylic acids is 2. The number of hydrogen-bond acceptors (Lipinski definition) is 4. The summed E-state index contributed by atoms with van der Waals surface area (Å²) in [5.41, 5.74) is 0.103. The number of carbonyl (C=O) groups is 2. The van der Waals surface area contributed by atoms with Crippen LogP contribution in [0.3, 0.4) is 0 Å². The first-order chi connectivity index (χ1) is 15.3. The first-order valence-electron chi connectivity index (χ1n) is 11.8. The van der Waals surface area contributed by atoms with E-state index >= 15 is 0 Å². The zero-order chi connectivity index (χ0) is 22.3. The Balaban J connectivity index is 1.21. The first kappa shape index (κ1) is 21.2. The van der Waals surface area contributed by atoms with E-state index in [1.165, 1.54) is 6.42 Å². The van der Waals surface area contributed by atoms with E-state index < -0.39 is 0 Å². The van der Waals surface area contributed by atoms with E-state index in [1.807, 2.05) is 35.6 Å². The van der Waals surface area contributed by atoms with Crippen molar-refractivity contribution >= 4 is 11.8 Å². The quantitative estimate of drug-likeness (QED) is 0.662. The van der Waals surface area contributed by atoms with Crippen molar-refractivity contribution in [2.75, 3.05) is 0 Å². The van der Waals surface area contributed by atoms with Crippen molar-refractivity contribution in [3.63, 3.8) is 0 Å². The van der Waals surface area contributed by atoms with Crippen LogP contribution >= 0.6 is 0 Å². The van der Waals surface area contributed by atoms with E-state index in [4.69, 9.17) is 0 Å². The highest BCUT2D eigenvalue weighted by molar-refractivity contribution is 5.77. The zero-order valence-corrected chi connectivity index (χ0v) is 19.1. The minimum absolute atomic E-state index is 0.0513. The van der Waals surface area contributed by atoms with Crippen molar-refractivity contribution in [3.05, 3.63) is 36.4 Å². The molecule has 0 atom stereocenters. The second kappa shape index (κ2) is 8.05. The Morgan fingerprint density at radius 1 is 0.875 bits per heavy atom. The number of aryl methyl sites for hydroxylation is 2. The predicted octanol–water partition coefficient (Wildman–Crippen LogP) is 2.45. The number of nitrogens with zero attached hydrogens (tertiary/aromatic N) is 4. The standard InChI is InChI=1S/C24H34N6O2/c1-29-5-3-25-19(29)14-27-21(31)12-23-8-17-7-18(9-23)11-24(10-17,16-23)13-22(32)28-15-20-26-4-6-30(20)2/h3-6,17-18H,7-16H2,1-2H3,(H,27,31)(H,28,32). The van der Waals surface area contributed by atoms with Crippen LogP contribution in [0.15, 0.2) is 24.8 Å². The van der Waals surface area contributed by atoms with Crippen molar-refractivity contribution in [2.24, 2.45) is 36.8 Å². The van der Waals surface area contributed by atoms with E-state index in [2.05, 4.69) is 20.6 Å². The minimum atomic E-state index is 0.0513. The Labute approximate surface area is 189 Å². The second-order valence-corrected chi connectivity index (χ2v) is 10.8. The molecular formula is C24H34N6O2. The van der Waals surface area contributed by atoms with Gasteiger partial charge in [-0.05, 0) is 61.2 Å². The number of hydrogen-bond donors (Lipinski definition) is 2. The molecule has 0 unspecified atom stereocenters. The zero-order valence-electron chi connectivity index (χ0n) is 19.1. The summed E-state index contributed by atoms with van der Waals surface area (Å²) in [7, 11) is 3.88. The van der Waals surface area contributed by atoms with Gasteiger partial charge in [-0.25, -0.2) is 9.97 Å². The molecule has 0 aliphatic heterocycles. The third kappa shape index (κ3) is 4.19. The monoisotopic (exact) mass is 438 g/mol. The summed E-state index contributed by atoms with van der Waals surface area (Å²) >= 11 is 0. The van der Waals surface area contributed by atoms with Gasteiger partial charge < -0.3 is 19.8 Å². The van der Waals surface area contributed by atoms with Gasteiger partial charge in [-0.1, -0.05) is 0 Å². The normalized spacial score (nSPS) is 30.4. The van der Waals surface area contributed by atoms with Gasteiger partial charge in [-0.15, -0.1) is 0 Å². The smallest absolute Gasteiger partial charge is 0.220 e. The van der Waals surface area contributed by atoms with Gasteiger partial charge in [0.25, 0.3) is 0 Å². The molecule has 32 heavy (non-hydrogen) atoms. The van der Waals surface area contributed by atoms with Gasteiger partial charge in [-0.3, -0.25) is 9.59 Å². The lowest BCUT2D eigenvalue weighted by Gasteiger charge is -2.62. The third-order valence-electron chi connectivity index (χ3n) is 8.10. The largest absolute Gasteiger partial charge is 0.349 e. The Kier molecular flexibility index (Phi) is 5.34. The Bertz CT molecular complexity index is 918. The third-order valence-corrected chi connectivity index (χ3v) is 8.10. The van der Waals surface area contributed by atoms with Crippen LogP contribution < -0.4 is 10.6 Å². The summed E-state index contributed by atoms with van der Waals surface area (Å²) in [5.74, 6) is 3.27. The Hall–Kier alpha value is -2.64. The molecule has 6 rings (SSSR count). The van der Waals surface area contributed by atoms with Crippen LogP contribution in [0.25, 0.3) is 0 Å². The lowest BCUT2D eigenvalue weighted by molar-refractivity contribution is -0.146. The van der Waals surface area contributed by atoms with Crippen LogP contribution in [-0.4, -0.2) is 30.9 Å². The van der Waals surface area contributed by atoms with Gasteiger partial charge in [0, 0.05) is 51.7 Å². The molecule has 2 N–H and O–H groups in total. The number of aromatic nitrogens is 4. The van der Waals surface area contributed by atoms with Gasteiger partial charge >= 0.3 is 0 Å². The van der Waals surface area contributed by atoms with Crippen LogP contribution in [-0.2, 0) is 36.8 Å². The summed E-state index contributed by atoms with van der Waals surface area (Å²) in [6, 6.07) is 0. The molecule has 2 heterocycles. The molecule has 8 nitrogen and oxygen atoms in total. The van der Waals surface area contributed by atoms with Crippen molar-refractivity contribution < 1.29 is 9.59 Å². The van der Waals surface area contributed by atoms with E-state index in [0.717, 1.165) is 43.8 Å². The summed E-state index contributed by atoms with van der Waals surface area (Å²) in [6.07, 6.45) is 15.2. The number of nitrogens with one attached hydrogen (secondary N) is 2. The molecule has 2 amide bonds. The van der Waals surface area contributed by atoms with Gasteiger partial charge in [0.05, 0.1) is 13.1 Å². The molecule has 4 fully saturated rings. The summed E-state index contributed by atoms with van der Waals surface area (Å²) in [4.78, 5) is 34.4. The maximum atomic E-state index is 12.9. The molecule has 172 valence electrons. The molecule has 0 spiro atoms. The van der Waals surface area contributed by atoms with Crippen LogP contribution in [0.1, 0.15) is 63.0 Å². The predicted molar refractivity (Wildman–Crippen MR) is 119 cm³/mol. The van der Waals surface area contributed by atoms with E-state index in [0.29, 0.717) is 37.8 Å². The van der Waals surface area contributed by atoms with Crippen LogP contribution in [0, 0.1) is 22.7 Å². The molecule has 4 bridgehead atoms. The highest BCUT2D eigenvalue weighted by Gasteiger charge is 2.58. The highest BCUT2D eigenvalue weighted by Crippen LogP contribution is 2.67. The molecule has 2 aromatic heterocycles. The fraction of sp³-hybridized carbons (Fsp3) is 0.667. The highest BCUT2D eigenvalue weighted by atomic mass is 16.2. The summed E-state index contributed by atoms with van der Waals surface area (Å²) in [6.45, 7) is 0.929. The van der Waals surface area contributed by atoms with Crippen molar-refractivity contribution in [1.29, 1.82) is 0 Å². The van der Waals surface area contributed by atoms with E-state index in [9.17, 15) is 9.59 Å². The van der Waals surface area contributed by atoms with Gasteiger partial charge in [0.1, 0.15) is 11.6 Å². The van der Waals surface area contributed by atoms with E-state index in [-0.39, 0.29) is 22.6 Å².